The molecule has 0 unspecified atom stereocenters. The molecule has 2 N–H and O–H groups in total. The van der Waals surface area contributed by atoms with E-state index < -0.39 is 0 Å². The molecule has 2 rings (SSSR count). The fraction of sp³-hybridized carbons (Fsp3) is 0.500. The number of hydrogen-bond acceptors (Lipinski definition) is 4. The minimum absolute atomic E-state index is 0.0757. The summed E-state index contributed by atoms with van der Waals surface area (Å²) in [6, 6.07) is 5.23. The smallest absolute Gasteiger partial charge is 0.251 e. The Morgan fingerprint density at radius 3 is 2.79 bits per heavy atom. The topological polar surface area (TPSA) is 59.6 Å². The Morgan fingerprint density at radius 2 is 2.21 bits per heavy atom. The Labute approximate surface area is 113 Å². The molecule has 0 spiro atoms. The number of hydrogen-bond donors (Lipinski definition) is 2. The zero-order valence-electron chi connectivity index (χ0n) is 11.4. The highest BCUT2D eigenvalue weighted by atomic mass is 16.5. The SMILES string of the molecule is CCOc1ccc(C(=O)NCC2CNC2)cc1OC. The van der Waals surface area contributed by atoms with E-state index in [4.69, 9.17) is 9.47 Å². The van der Waals surface area contributed by atoms with Crippen molar-refractivity contribution in [3.8, 4) is 11.5 Å². The third kappa shape index (κ3) is 3.38. The van der Waals surface area contributed by atoms with Crippen LogP contribution in [0.25, 0.3) is 0 Å². The van der Waals surface area contributed by atoms with Crippen LogP contribution < -0.4 is 20.1 Å². The van der Waals surface area contributed by atoms with Gasteiger partial charge in [-0.3, -0.25) is 4.79 Å². The third-order valence-corrected chi connectivity index (χ3v) is 3.14. The number of carbonyl (C=O) groups excluding carboxylic acids is 1. The van der Waals surface area contributed by atoms with Gasteiger partial charge in [0, 0.05) is 31.1 Å². The third-order valence-electron chi connectivity index (χ3n) is 3.14. The molecule has 1 fully saturated rings. The minimum Gasteiger partial charge on any atom is -0.493 e. The van der Waals surface area contributed by atoms with Crippen molar-refractivity contribution < 1.29 is 14.3 Å². The van der Waals surface area contributed by atoms with Crippen LogP contribution in [0.4, 0.5) is 0 Å². The second kappa shape index (κ2) is 6.43. The van der Waals surface area contributed by atoms with Gasteiger partial charge in [-0.15, -0.1) is 0 Å². The van der Waals surface area contributed by atoms with E-state index in [1.807, 2.05) is 6.92 Å². The molecule has 0 saturated carbocycles. The average Bonchev–Trinajstić information content (AvgIpc) is 2.37. The van der Waals surface area contributed by atoms with Crippen LogP contribution in [-0.4, -0.2) is 39.3 Å². The first kappa shape index (κ1) is 13.7. The highest BCUT2D eigenvalue weighted by molar-refractivity contribution is 5.94. The second-order valence-corrected chi connectivity index (χ2v) is 4.53. The molecule has 0 aromatic heterocycles. The van der Waals surface area contributed by atoms with E-state index in [1.54, 1.807) is 25.3 Å². The normalized spacial score (nSPS) is 14.6. The molecule has 0 radical (unpaired) electrons. The number of rotatable bonds is 6. The van der Waals surface area contributed by atoms with Crippen molar-refractivity contribution in [3.63, 3.8) is 0 Å². The largest absolute Gasteiger partial charge is 0.493 e. The van der Waals surface area contributed by atoms with Crippen molar-refractivity contribution in [1.29, 1.82) is 0 Å². The summed E-state index contributed by atoms with van der Waals surface area (Å²) in [7, 11) is 1.57. The molecule has 5 heteroatoms. The van der Waals surface area contributed by atoms with Gasteiger partial charge in [0.05, 0.1) is 13.7 Å². The maximum absolute atomic E-state index is 12.0. The monoisotopic (exact) mass is 264 g/mol. The lowest BCUT2D eigenvalue weighted by atomic mass is 10.0. The minimum atomic E-state index is -0.0757. The van der Waals surface area contributed by atoms with Gasteiger partial charge in [-0.05, 0) is 25.1 Å². The molecule has 1 heterocycles. The summed E-state index contributed by atoms with van der Waals surface area (Å²) in [6.07, 6.45) is 0. The van der Waals surface area contributed by atoms with Crippen LogP contribution in [0.3, 0.4) is 0 Å². The quantitative estimate of drug-likeness (QED) is 0.806. The number of nitrogens with one attached hydrogen (secondary N) is 2. The lowest BCUT2D eigenvalue weighted by Crippen LogP contribution is -2.48. The predicted octanol–water partition coefficient (Wildman–Crippen LogP) is 1.04. The van der Waals surface area contributed by atoms with Crippen molar-refractivity contribution >= 4 is 5.91 Å². The van der Waals surface area contributed by atoms with E-state index in [0.29, 0.717) is 36.1 Å². The van der Waals surface area contributed by atoms with Crippen LogP contribution in [0.15, 0.2) is 18.2 Å². The second-order valence-electron chi connectivity index (χ2n) is 4.53. The summed E-state index contributed by atoms with van der Waals surface area (Å²) in [5.74, 6) is 1.71. The lowest BCUT2D eigenvalue weighted by Gasteiger charge is -2.27. The van der Waals surface area contributed by atoms with E-state index in [-0.39, 0.29) is 5.91 Å². The summed E-state index contributed by atoms with van der Waals surface area (Å²) in [5, 5.41) is 6.10. The molecule has 1 aliphatic heterocycles. The predicted molar refractivity (Wildman–Crippen MR) is 72.9 cm³/mol. The summed E-state index contributed by atoms with van der Waals surface area (Å²) < 4.78 is 10.7. The van der Waals surface area contributed by atoms with E-state index in [2.05, 4.69) is 10.6 Å². The molecule has 1 aromatic rings. The highest BCUT2D eigenvalue weighted by Crippen LogP contribution is 2.27. The summed E-state index contributed by atoms with van der Waals surface area (Å²) in [5.41, 5.74) is 0.590. The average molecular weight is 264 g/mol. The van der Waals surface area contributed by atoms with E-state index in [1.165, 1.54) is 0 Å². The molecular weight excluding hydrogens is 244 g/mol. The first-order chi connectivity index (χ1) is 9.24. The van der Waals surface area contributed by atoms with Gasteiger partial charge in [0.15, 0.2) is 11.5 Å². The highest BCUT2D eigenvalue weighted by Gasteiger charge is 2.18. The number of methoxy groups -OCH3 is 1. The lowest BCUT2D eigenvalue weighted by molar-refractivity contribution is 0.0942. The van der Waals surface area contributed by atoms with E-state index in [9.17, 15) is 4.79 Å². The Hall–Kier alpha value is -1.75. The molecule has 104 valence electrons. The van der Waals surface area contributed by atoms with Gasteiger partial charge in [-0.2, -0.15) is 0 Å². The molecule has 1 amide bonds. The van der Waals surface area contributed by atoms with Gasteiger partial charge < -0.3 is 20.1 Å². The van der Waals surface area contributed by atoms with Gasteiger partial charge in [0.1, 0.15) is 0 Å². The summed E-state index contributed by atoms with van der Waals surface area (Å²) >= 11 is 0. The summed E-state index contributed by atoms with van der Waals surface area (Å²) in [6.45, 7) is 5.14. The fourth-order valence-corrected chi connectivity index (χ4v) is 1.92. The maximum atomic E-state index is 12.0. The molecule has 1 saturated heterocycles. The number of ether oxygens (including phenoxy) is 2. The standard InChI is InChI=1S/C14H20N2O3/c1-3-19-12-5-4-11(6-13(12)18-2)14(17)16-9-10-7-15-8-10/h4-6,10,15H,3,7-9H2,1-2H3,(H,16,17). The molecule has 0 atom stereocenters. The number of carbonyl (C=O) groups is 1. The van der Waals surface area contributed by atoms with Gasteiger partial charge in [-0.25, -0.2) is 0 Å². The Balaban J connectivity index is 2.00. The van der Waals surface area contributed by atoms with Crippen molar-refractivity contribution in [2.24, 2.45) is 5.92 Å². The number of amides is 1. The molecule has 19 heavy (non-hydrogen) atoms. The first-order valence-electron chi connectivity index (χ1n) is 6.54. The Morgan fingerprint density at radius 1 is 1.42 bits per heavy atom. The molecule has 0 aliphatic carbocycles. The summed E-state index contributed by atoms with van der Waals surface area (Å²) in [4.78, 5) is 12.0. The van der Waals surface area contributed by atoms with Gasteiger partial charge in [0.25, 0.3) is 5.91 Å². The Kier molecular flexibility index (Phi) is 4.63. The fourth-order valence-electron chi connectivity index (χ4n) is 1.92. The molecule has 0 bridgehead atoms. The molecule has 5 nitrogen and oxygen atoms in total. The van der Waals surface area contributed by atoms with Crippen LogP contribution in [0, 0.1) is 5.92 Å². The van der Waals surface area contributed by atoms with Crippen LogP contribution in [0.1, 0.15) is 17.3 Å². The van der Waals surface area contributed by atoms with Gasteiger partial charge in [0.2, 0.25) is 0 Å². The molecule has 1 aromatic carbocycles. The van der Waals surface area contributed by atoms with E-state index in [0.717, 1.165) is 13.1 Å². The van der Waals surface area contributed by atoms with Crippen LogP contribution in [-0.2, 0) is 0 Å². The van der Waals surface area contributed by atoms with Crippen molar-refractivity contribution in [1.82, 2.24) is 10.6 Å². The molecular formula is C14H20N2O3. The molecule has 1 aliphatic rings. The Bertz CT molecular complexity index is 444. The van der Waals surface area contributed by atoms with Crippen molar-refractivity contribution in [3.05, 3.63) is 23.8 Å². The zero-order chi connectivity index (χ0) is 13.7. The van der Waals surface area contributed by atoms with Crippen LogP contribution >= 0.6 is 0 Å². The van der Waals surface area contributed by atoms with Gasteiger partial charge >= 0.3 is 0 Å². The van der Waals surface area contributed by atoms with Crippen LogP contribution in [0.2, 0.25) is 0 Å². The zero-order valence-corrected chi connectivity index (χ0v) is 11.4. The maximum Gasteiger partial charge on any atom is 0.251 e. The van der Waals surface area contributed by atoms with Crippen molar-refractivity contribution in [2.45, 2.75) is 6.92 Å². The number of benzene rings is 1. The first-order valence-corrected chi connectivity index (χ1v) is 6.54. The van der Waals surface area contributed by atoms with Gasteiger partial charge in [-0.1, -0.05) is 0 Å². The van der Waals surface area contributed by atoms with Crippen LogP contribution in [0.5, 0.6) is 11.5 Å². The van der Waals surface area contributed by atoms with Crippen molar-refractivity contribution in [2.75, 3.05) is 33.4 Å². The van der Waals surface area contributed by atoms with E-state index >= 15 is 0 Å².